The van der Waals surface area contributed by atoms with Crippen molar-refractivity contribution >= 4 is 59.3 Å². The van der Waals surface area contributed by atoms with Crippen LogP contribution in [0.25, 0.3) is 0 Å². The maximum Gasteiger partial charge on any atom is 0.325 e. The van der Waals surface area contributed by atoms with Crippen LogP contribution in [0.15, 0.2) is 22.5 Å². The van der Waals surface area contributed by atoms with Crippen molar-refractivity contribution in [2.75, 3.05) is 26.3 Å². The fourth-order valence-electron chi connectivity index (χ4n) is 4.77. The van der Waals surface area contributed by atoms with E-state index in [9.17, 15) is 53.7 Å². The van der Waals surface area contributed by atoms with Crippen LogP contribution in [0.4, 0.5) is 0 Å². The zero-order chi connectivity index (χ0) is 43.9. The number of aliphatic hydroxyl groups is 2. The highest BCUT2D eigenvalue weighted by Crippen LogP contribution is 2.07. The van der Waals surface area contributed by atoms with Crippen LogP contribution >= 0.6 is 0 Å². The molecular weight excluding hydrogens is 774 g/mol. The second kappa shape index (κ2) is 25.5. The van der Waals surface area contributed by atoms with Gasteiger partial charge in [-0.25, -0.2) is 4.98 Å². The van der Waals surface area contributed by atoms with Crippen LogP contribution in [0.2, 0.25) is 0 Å². The molecule has 0 saturated heterocycles. The number of carbonyl (C=O) groups excluding carboxylic acids is 6. The van der Waals surface area contributed by atoms with Crippen molar-refractivity contribution in [1.82, 2.24) is 41.9 Å². The Labute approximate surface area is 330 Å². The molecule has 0 saturated carbocycles. The molecule has 1 aromatic rings. The Morgan fingerprint density at radius 1 is 0.672 bits per heavy atom. The standard InChI is InChI=1S/C31H53N15O12/c1-14(29(57)58)41-26(54)20(9-22(49)50)45-27(55)19(8-15-10-37-13-40-15)44-24(52)18(5-3-7-39-31(35)36)43-28(56)21(12-48)46-25(53)17(4-2-6-38-30(33)34)42-23(51)16(32)11-47/h10,13-14,16-21,47-48H,2-9,11-12,32H2,1H3,(H,37,40)(H,41,54)(H,42,51)(H,43,56)(H,44,52)(H,45,55)(H,46,53)(H,49,50)(H,57,58)(H4,33,34,38)(H4,35,36,39). The van der Waals surface area contributed by atoms with Gasteiger partial charge in [-0.15, -0.1) is 0 Å². The van der Waals surface area contributed by atoms with Crippen molar-refractivity contribution in [2.24, 2.45) is 38.7 Å². The SMILES string of the molecule is CC(NC(=O)C(CC(=O)O)NC(=O)C(Cc1cnc[nH]1)NC(=O)C(CCCN=C(N)N)NC(=O)C(CO)NC(=O)C(CCCN=C(N)N)NC(=O)C(N)CO)C(=O)O. The first-order valence-electron chi connectivity index (χ1n) is 17.6. The summed E-state index contributed by atoms with van der Waals surface area (Å²) in [5.41, 5.74) is 27.2. The van der Waals surface area contributed by atoms with Gasteiger partial charge in [0, 0.05) is 31.4 Å². The summed E-state index contributed by atoms with van der Waals surface area (Å²) in [5.74, 6) is -9.71. The average Bonchev–Trinajstić information content (AvgIpc) is 3.67. The fraction of sp³-hybridized carbons (Fsp3) is 0.581. The van der Waals surface area contributed by atoms with Crippen LogP contribution in [-0.2, 0) is 44.8 Å². The number of aliphatic imine (C=N–C) groups is 2. The highest BCUT2D eigenvalue weighted by molar-refractivity contribution is 5.97. The molecular formula is C31H53N15O12. The molecule has 27 nitrogen and oxygen atoms in total. The van der Waals surface area contributed by atoms with Gasteiger partial charge < -0.3 is 86.0 Å². The number of nitrogens with zero attached hydrogens (tertiary/aromatic N) is 3. The molecule has 0 aliphatic carbocycles. The summed E-state index contributed by atoms with van der Waals surface area (Å²) in [6.45, 7) is -0.637. The summed E-state index contributed by atoms with van der Waals surface area (Å²) in [7, 11) is 0. The fourth-order valence-corrected chi connectivity index (χ4v) is 4.77. The number of carboxylic acid groups (broad SMARTS) is 2. The van der Waals surface area contributed by atoms with Gasteiger partial charge >= 0.3 is 11.9 Å². The van der Waals surface area contributed by atoms with E-state index in [0.717, 1.165) is 6.92 Å². The Balaban J connectivity index is 3.38. The van der Waals surface area contributed by atoms with Gasteiger partial charge in [0.05, 0.1) is 26.0 Å². The summed E-state index contributed by atoms with van der Waals surface area (Å²) in [5, 5.41) is 51.6. The van der Waals surface area contributed by atoms with Crippen LogP contribution < -0.4 is 60.6 Å². The van der Waals surface area contributed by atoms with Crippen molar-refractivity contribution in [3.63, 3.8) is 0 Å². The molecule has 0 aliphatic rings. The Morgan fingerprint density at radius 3 is 1.57 bits per heavy atom. The zero-order valence-electron chi connectivity index (χ0n) is 31.6. The number of hydrogen-bond acceptors (Lipinski definition) is 14. The van der Waals surface area contributed by atoms with Crippen molar-refractivity contribution in [2.45, 2.75) is 87.7 Å². The molecule has 58 heavy (non-hydrogen) atoms. The molecule has 21 N–H and O–H groups in total. The number of imidazole rings is 1. The molecule has 7 unspecified atom stereocenters. The number of rotatable bonds is 27. The molecule has 7 atom stereocenters. The topological polar surface area (TPSA) is 473 Å². The van der Waals surface area contributed by atoms with E-state index >= 15 is 0 Å². The summed E-state index contributed by atoms with van der Waals surface area (Å²) >= 11 is 0. The smallest absolute Gasteiger partial charge is 0.325 e. The highest BCUT2D eigenvalue weighted by Gasteiger charge is 2.34. The number of carboxylic acids is 2. The molecule has 0 fully saturated rings. The van der Waals surface area contributed by atoms with Crippen molar-refractivity contribution in [1.29, 1.82) is 0 Å². The summed E-state index contributed by atoms with van der Waals surface area (Å²) in [6, 6.07) is -10.8. The minimum atomic E-state index is -1.79. The van der Waals surface area contributed by atoms with Gasteiger partial charge in [0.25, 0.3) is 0 Å². The van der Waals surface area contributed by atoms with E-state index in [0.29, 0.717) is 0 Å². The lowest BCUT2D eigenvalue weighted by Gasteiger charge is -2.27. The van der Waals surface area contributed by atoms with Gasteiger partial charge in [0.2, 0.25) is 35.4 Å². The second-order valence-corrected chi connectivity index (χ2v) is 12.6. The molecule has 0 spiro atoms. The van der Waals surface area contributed by atoms with Crippen molar-refractivity contribution in [3.05, 3.63) is 18.2 Å². The number of carbonyl (C=O) groups is 8. The maximum absolute atomic E-state index is 13.8. The minimum absolute atomic E-state index is 0.0296. The second-order valence-electron chi connectivity index (χ2n) is 12.6. The number of aromatic nitrogens is 2. The third-order valence-corrected chi connectivity index (χ3v) is 7.86. The molecule has 0 aliphatic heterocycles. The lowest BCUT2D eigenvalue weighted by Crippen LogP contribution is -2.60. The van der Waals surface area contributed by atoms with E-state index in [1.807, 2.05) is 0 Å². The Bertz CT molecular complexity index is 1620. The predicted molar refractivity (Wildman–Crippen MR) is 201 cm³/mol. The number of nitrogens with one attached hydrogen (secondary N) is 7. The van der Waals surface area contributed by atoms with Crippen LogP contribution in [0.5, 0.6) is 0 Å². The summed E-state index contributed by atoms with van der Waals surface area (Å²) < 4.78 is 0. The molecule has 27 heteroatoms. The molecule has 0 radical (unpaired) electrons. The van der Waals surface area contributed by atoms with E-state index in [2.05, 4.69) is 51.9 Å². The number of aromatic amines is 1. The number of guanidine groups is 2. The highest BCUT2D eigenvalue weighted by atomic mass is 16.4. The molecule has 0 bridgehead atoms. The number of nitrogens with two attached hydrogens (primary N) is 5. The van der Waals surface area contributed by atoms with E-state index in [1.165, 1.54) is 12.5 Å². The summed E-state index contributed by atoms with van der Waals surface area (Å²) in [6.07, 6.45) is 1.20. The maximum atomic E-state index is 13.8. The third-order valence-electron chi connectivity index (χ3n) is 7.86. The number of hydrogen-bond donors (Lipinski definition) is 16. The van der Waals surface area contributed by atoms with Crippen LogP contribution in [0.3, 0.4) is 0 Å². The van der Waals surface area contributed by atoms with Gasteiger partial charge in [0.1, 0.15) is 42.3 Å². The first-order valence-corrected chi connectivity index (χ1v) is 17.6. The van der Waals surface area contributed by atoms with E-state index < -0.39 is 109 Å². The first kappa shape index (κ1) is 49.4. The largest absolute Gasteiger partial charge is 0.481 e. The van der Waals surface area contributed by atoms with Gasteiger partial charge in [-0.2, -0.15) is 0 Å². The van der Waals surface area contributed by atoms with Crippen molar-refractivity contribution < 1.29 is 58.8 Å². The number of amides is 6. The quantitative estimate of drug-likeness (QED) is 0.0222. The van der Waals surface area contributed by atoms with Gasteiger partial charge in [-0.3, -0.25) is 48.3 Å². The lowest BCUT2D eigenvalue weighted by molar-refractivity contribution is -0.143. The lowest BCUT2D eigenvalue weighted by atomic mass is 10.1. The van der Waals surface area contributed by atoms with Gasteiger partial charge in [0.15, 0.2) is 11.9 Å². The van der Waals surface area contributed by atoms with E-state index in [1.54, 1.807) is 0 Å². The van der Waals surface area contributed by atoms with Crippen molar-refractivity contribution in [3.8, 4) is 0 Å². The monoisotopic (exact) mass is 827 g/mol. The Morgan fingerprint density at radius 2 is 1.12 bits per heavy atom. The molecule has 6 amide bonds. The Kier molecular flexibility index (Phi) is 21.7. The van der Waals surface area contributed by atoms with Crippen LogP contribution in [0.1, 0.15) is 44.7 Å². The number of H-pyrrole nitrogens is 1. The predicted octanol–water partition coefficient (Wildman–Crippen LogP) is -8.14. The number of aliphatic hydroxyl groups excluding tert-OH is 2. The minimum Gasteiger partial charge on any atom is -0.481 e. The molecule has 1 heterocycles. The van der Waals surface area contributed by atoms with Gasteiger partial charge in [-0.05, 0) is 32.6 Å². The summed E-state index contributed by atoms with van der Waals surface area (Å²) in [4.78, 5) is 116. The molecule has 1 rings (SSSR count). The molecule has 1 aromatic heterocycles. The van der Waals surface area contributed by atoms with Crippen LogP contribution in [0, 0.1) is 0 Å². The van der Waals surface area contributed by atoms with E-state index in [4.69, 9.17) is 33.8 Å². The third kappa shape index (κ3) is 18.8. The van der Waals surface area contributed by atoms with Gasteiger partial charge in [-0.1, -0.05) is 0 Å². The van der Waals surface area contributed by atoms with E-state index in [-0.39, 0.29) is 62.8 Å². The number of aliphatic carboxylic acids is 2. The first-order chi connectivity index (χ1) is 27.3. The van der Waals surface area contributed by atoms with Crippen LogP contribution in [-0.4, -0.2) is 158 Å². The molecule has 324 valence electrons. The normalized spacial score (nSPS) is 14.3. The Hall–Kier alpha value is -6.61. The zero-order valence-corrected chi connectivity index (χ0v) is 31.6. The average molecular weight is 828 g/mol. The molecule has 0 aromatic carbocycles.